The van der Waals surface area contributed by atoms with Gasteiger partial charge in [-0.3, -0.25) is 4.79 Å². The van der Waals surface area contributed by atoms with Gasteiger partial charge in [0.25, 0.3) is 5.91 Å². The fourth-order valence-corrected chi connectivity index (χ4v) is 3.01. The topological polar surface area (TPSA) is 59.8 Å². The summed E-state index contributed by atoms with van der Waals surface area (Å²) in [5, 5.41) is 2.94. The first-order chi connectivity index (χ1) is 12.6. The van der Waals surface area contributed by atoms with Crippen LogP contribution < -0.4 is 5.32 Å². The van der Waals surface area contributed by atoms with Crippen LogP contribution in [-0.2, 0) is 7.05 Å². The molecule has 0 saturated carbocycles. The Kier molecular flexibility index (Phi) is 3.97. The third-order valence-electron chi connectivity index (χ3n) is 4.29. The summed E-state index contributed by atoms with van der Waals surface area (Å²) >= 11 is 0. The molecular formula is C21H18N4O. The smallest absolute Gasteiger partial charge is 0.255 e. The Hall–Kier alpha value is -3.47. The van der Waals surface area contributed by atoms with E-state index in [0.717, 1.165) is 33.8 Å². The number of hydrogen-bond donors (Lipinski definition) is 1. The van der Waals surface area contributed by atoms with Gasteiger partial charge in [-0.05, 0) is 48.9 Å². The van der Waals surface area contributed by atoms with Crippen LogP contribution in [0.25, 0.3) is 22.6 Å². The van der Waals surface area contributed by atoms with E-state index in [2.05, 4.69) is 15.3 Å². The summed E-state index contributed by atoms with van der Waals surface area (Å²) in [7, 11) is 1.93. The molecule has 2 heterocycles. The molecule has 0 aliphatic heterocycles. The van der Waals surface area contributed by atoms with Crippen molar-refractivity contribution in [3.05, 3.63) is 78.0 Å². The summed E-state index contributed by atoms with van der Waals surface area (Å²) in [5.74, 6) is 0.637. The fraction of sp³-hybridized carbons (Fsp3) is 0.0952. The number of benzene rings is 2. The van der Waals surface area contributed by atoms with Crippen LogP contribution in [0.1, 0.15) is 15.9 Å². The summed E-state index contributed by atoms with van der Waals surface area (Å²) < 4.78 is 1.94. The third-order valence-corrected chi connectivity index (χ3v) is 4.29. The minimum atomic E-state index is -0.144. The maximum Gasteiger partial charge on any atom is 0.255 e. The number of carbonyl (C=O) groups excluding carboxylic acids is 1. The molecule has 2 aromatic carbocycles. The van der Waals surface area contributed by atoms with Gasteiger partial charge in [-0.25, -0.2) is 9.97 Å². The number of pyridine rings is 1. The van der Waals surface area contributed by atoms with Gasteiger partial charge in [0.2, 0.25) is 0 Å². The van der Waals surface area contributed by atoms with Crippen LogP contribution in [0.3, 0.4) is 0 Å². The van der Waals surface area contributed by atoms with Gasteiger partial charge in [0, 0.05) is 30.1 Å². The molecule has 2 aromatic heterocycles. The quantitative estimate of drug-likeness (QED) is 0.607. The molecule has 0 atom stereocenters. The second kappa shape index (κ2) is 6.44. The lowest BCUT2D eigenvalue weighted by Gasteiger charge is -2.08. The van der Waals surface area contributed by atoms with Gasteiger partial charge in [0.15, 0.2) is 5.65 Å². The predicted octanol–water partition coefficient (Wildman–Crippen LogP) is 4.20. The van der Waals surface area contributed by atoms with Gasteiger partial charge in [-0.1, -0.05) is 24.3 Å². The van der Waals surface area contributed by atoms with Crippen molar-refractivity contribution in [1.82, 2.24) is 14.5 Å². The summed E-state index contributed by atoms with van der Waals surface area (Å²) in [5.41, 5.74) is 5.00. The molecule has 0 aliphatic rings. The van der Waals surface area contributed by atoms with E-state index in [0.29, 0.717) is 5.56 Å². The Morgan fingerprint density at radius 1 is 1.04 bits per heavy atom. The molecule has 5 nitrogen and oxygen atoms in total. The SMILES string of the molecule is Cc1cccc(NC(=O)c2cccc(-c3nc4cccnc4n3C)c2)c1. The van der Waals surface area contributed by atoms with E-state index in [4.69, 9.17) is 0 Å². The molecule has 0 unspecified atom stereocenters. The first kappa shape index (κ1) is 16.0. The number of hydrogen-bond acceptors (Lipinski definition) is 3. The molecule has 0 radical (unpaired) electrons. The molecule has 26 heavy (non-hydrogen) atoms. The lowest BCUT2D eigenvalue weighted by molar-refractivity contribution is 0.102. The minimum Gasteiger partial charge on any atom is -0.322 e. The second-order valence-electron chi connectivity index (χ2n) is 6.24. The molecule has 1 N–H and O–H groups in total. The van der Waals surface area contributed by atoms with Crippen molar-refractivity contribution >= 4 is 22.8 Å². The van der Waals surface area contributed by atoms with Crippen LogP contribution in [0.2, 0.25) is 0 Å². The van der Waals surface area contributed by atoms with Gasteiger partial charge in [-0.15, -0.1) is 0 Å². The predicted molar refractivity (Wildman–Crippen MR) is 103 cm³/mol. The zero-order chi connectivity index (χ0) is 18.1. The first-order valence-electron chi connectivity index (χ1n) is 8.38. The Morgan fingerprint density at radius 2 is 1.88 bits per heavy atom. The van der Waals surface area contributed by atoms with Crippen LogP contribution in [0, 0.1) is 6.92 Å². The lowest BCUT2D eigenvalue weighted by atomic mass is 10.1. The Labute approximate surface area is 151 Å². The van der Waals surface area contributed by atoms with Crippen LogP contribution in [0.4, 0.5) is 5.69 Å². The molecule has 128 valence electrons. The van der Waals surface area contributed by atoms with E-state index < -0.39 is 0 Å². The van der Waals surface area contributed by atoms with Gasteiger partial charge < -0.3 is 9.88 Å². The van der Waals surface area contributed by atoms with E-state index in [1.807, 2.05) is 73.1 Å². The normalized spacial score (nSPS) is 10.8. The molecule has 4 rings (SSSR count). The largest absolute Gasteiger partial charge is 0.322 e. The highest BCUT2D eigenvalue weighted by atomic mass is 16.1. The number of amides is 1. The number of nitrogens with zero attached hydrogens (tertiary/aromatic N) is 3. The summed E-state index contributed by atoms with van der Waals surface area (Å²) in [6, 6.07) is 19.0. The van der Waals surface area contributed by atoms with Gasteiger partial charge in [0.05, 0.1) is 0 Å². The maximum absolute atomic E-state index is 12.6. The highest BCUT2D eigenvalue weighted by Gasteiger charge is 2.13. The van der Waals surface area contributed by atoms with Crippen molar-refractivity contribution in [2.45, 2.75) is 6.92 Å². The monoisotopic (exact) mass is 342 g/mol. The van der Waals surface area contributed by atoms with Gasteiger partial charge in [0.1, 0.15) is 11.3 Å². The van der Waals surface area contributed by atoms with Crippen molar-refractivity contribution in [3.8, 4) is 11.4 Å². The molecule has 0 fully saturated rings. The number of aromatic nitrogens is 3. The summed E-state index contributed by atoms with van der Waals surface area (Å²) in [4.78, 5) is 21.6. The summed E-state index contributed by atoms with van der Waals surface area (Å²) in [6.45, 7) is 2.00. The van der Waals surface area contributed by atoms with E-state index in [9.17, 15) is 4.79 Å². The summed E-state index contributed by atoms with van der Waals surface area (Å²) in [6.07, 6.45) is 1.75. The molecule has 0 aliphatic carbocycles. The van der Waals surface area contributed by atoms with Crippen LogP contribution in [-0.4, -0.2) is 20.4 Å². The fourth-order valence-electron chi connectivity index (χ4n) is 3.01. The lowest BCUT2D eigenvalue weighted by Crippen LogP contribution is -2.12. The van der Waals surface area contributed by atoms with Crippen molar-refractivity contribution in [3.63, 3.8) is 0 Å². The molecular weight excluding hydrogens is 324 g/mol. The standard InChI is InChI=1S/C21H18N4O/c1-14-6-3-9-17(12-14)23-21(26)16-8-4-7-15(13-16)19-24-18-10-5-11-22-20(18)25(19)2/h3-13H,1-2H3,(H,23,26). The number of aryl methyl sites for hydroxylation is 2. The number of rotatable bonds is 3. The third kappa shape index (κ3) is 2.95. The van der Waals surface area contributed by atoms with Crippen molar-refractivity contribution in [2.75, 3.05) is 5.32 Å². The zero-order valence-electron chi connectivity index (χ0n) is 14.6. The Bertz CT molecular complexity index is 1110. The van der Waals surface area contributed by atoms with Crippen LogP contribution in [0.5, 0.6) is 0 Å². The van der Waals surface area contributed by atoms with Crippen LogP contribution in [0.15, 0.2) is 66.9 Å². The molecule has 0 bridgehead atoms. The molecule has 1 amide bonds. The molecule has 5 heteroatoms. The molecule has 0 saturated heterocycles. The van der Waals surface area contributed by atoms with E-state index in [-0.39, 0.29) is 5.91 Å². The maximum atomic E-state index is 12.6. The Balaban J connectivity index is 1.67. The molecule has 4 aromatic rings. The van der Waals surface area contributed by atoms with Gasteiger partial charge >= 0.3 is 0 Å². The number of imidazole rings is 1. The number of nitrogens with one attached hydrogen (secondary N) is 1. The van der Waals surface area contributed by atoms with E-state index in [1.165, 1.54) is 0 Å². The van der Waals surface area contributed by atoms with Crippen molar-refractivity contribution < 1.29 is 4.79 Å². The number of carbonyl (C=O) groups is 1. The minimum absolute atomic E-state index is 0.144. The van der Waals surface area contributed by atoms with Crippen molar-refractivity contribution in [2.24, 2.45) is 7.05 Å². The molecule has 0 spiro atoms. The number of fused-ring (bicyclic) bond motifs is 1. The van der Waals surface area contributed by atoms with E-state index in [1.54, 1.807) is 12.3 Å². The van der Waals surface area contributed by atoms with Gasteiger partial charge in [-0.2, -0.15) is 0 Å². The average Bonchev–Trinajstić information content (AvgIpc) is 2.99. The van der Waals surface area contributed by atoms with E-state index >= 15 is 0 Å². The van der Waals surface area contributed by atoms with Crippen LogP contribution >= 0.6 is 0 Å². The highest BCUT2D eigenvalue weighted by Crippen LogP contribution is 2.23. The second-order valence-corrected chi connectivity index (χ2v) is 6.24. The average molecular weight is 342 g/mol. The van der Waals surface area contributed by atoms with Crippen molar-refractivity contribution in [1.29, 1.82) is 0 Å². The number of anilines is 1. The zero-order valence-corrected chi connectivity index (χ0v) is 14.6. The first-order valence-corrected chi connectivity index (χ1v) is 8.38. The Morgan fingerprint density at radius 3 is 2.69 bits per heavy atom. The highest BCUT2D eigenvalue weighted by molar-refractivity contribution is 6.05.